The first-order chi connectivity index (χ1) is 9.54. The second kappa shape index (κ2) is 6.79. The van der Waals surface area contributed by atoms with Gasteiger partial charge in [-0.2, -0.15) is 0 Å². The Morgan fingerprint density at radius 3 is 2.55 bits per heavy atom. The van der Waals surface area contributed by atoms with E-state index in [2.05, 4.69) is 5.32 Å². The molecule has 0 aromatic heterocycles. The Bertz CT molecular complexity index is 471. The van der Waals surface area contributed by atoms with Crippen LogP contribution in [-0.4, -0.2) is 23.2 Å². The Kier molecular flexibility index (Phi) is 5.06. The first kappa shape index (κ1) is 14.9. The summed E-state index contributed by atoms with van der Waals surface area (Å²) in [6, 6.07) is 3.81. The number of aliphatic hydroxyl groups excluding tert-OH is 1. The normalized spacial score (nSPS) is 22.6. The average Bonchev–Trinajstić information content (AvgIpc) is 2.43. The molecule has 0 unspecified atom stereocenters. The molecule has 0 radical (unpaired) electrons. The van der Waals surface area contributed by atoms with Crippen molar-refractivity contribution in [1.29, 1.82) is 0 Å². The lowest BCUT2D eigenvalue weighted by molar-refractivity contribution is -0.122. The van der Waals surface area contributed by atoms with Crippen LogP contribution in [0.15, 0.2) is 18.2 Å². The highest BCUT2D eigenvalue weighted by Gasteiger charge is 2.20. The van der Waals surface area contributed by atoms with Crippen LogP contribution in [0.4, 0.5) is 8.78 Å². The summed E-state index contributed by atoms with van der Waals surface area (Å²) in [7, 11) is 0. The smallest absolute Gasteiger partial charge is 0.220 e. The molecule has 0 heterocycles. The van der Waals surface area contributed by atoms with Crippen LogP contribution in [0, 0.1) is 11.6 Å². The number of carbonyl (C=O) groups excluding carboxylic acids is 1. The second-order valence-corrected chi connectivity index (χ2v) is 5.32. The van der Waals surface area contributed by atoms with Gasteiger partial charge in [0.05, 0.1) is 6.10 Å². The van der Waals surface area contributed by atoms with Crippen LogP contribution >= 0.6 is 0 Å². The molecule has 0 spiro atoms. The molecule has 0 atom stereocenters. The number of rotatable bonds is 4. The van der Waals surface area contributed by atoms with E-state index >= 15 is 0 Å². The van der Waals surface area contributed by atoms with Gasteiger partial charge in [0.25, 0.3) is 0 Å². The highest BCUT2D eigenvalue weighted by Crippen LogP contribution is 2.18. The minimum Gasteiger partial charge on any atom is -0.393 e. The topological polar surface area (TPSA) is 49.3 Å². The van der Waals surface area contributed by atoms with Gasteiger partial charge in [-0.05, 0) is 49.8 Å². The zero-order valence-corrected chi connectivity index (χ0v) is 11.2. The van der Waals surface area contributed by atoms with Crippen molar-refractivity contribution in [3.63, 3.8) is 0 Å². The molecule has 0 bridgehead atoms. The number of halogens is 2. The largest absolute Gasteiger partial charge is 0.393 e. The summed E-state index contributed by atoms with van der Waals surface area (Å²) in [5, 5.41) is 12.3. The predicted molar refractivity (Wildman–Crippen MR) is 71.1 cm³/mol. The van der Waals surface area contributed by atoms with Crippen LogP contribution in [0.25, 0.3) is 0 Å². The fourth-order valence-corrected chi connectivity index (χ4v) is 2.47. The molecule has 1 aliphatic carbocycles. The van der Waals surface area contributed by atoms with Crippen molar-refractivity contribution >= 4 is 5.91 Å². The minimum atomic E-state index is -0.885. The maximum Gasteiger partial charge on any atom is 0.220 e. The van der Waals surface area contributed by atoms with Crippen LogP contribution in [0.2, 0.25) is 0 Å². The Hall–Kier alpha value is -1.49. The van der Waals surface area contributed by atoms with Gasteiger partial charge in [-0.15, -0.1) is 0 Å². The standard InChI is InChI=1S/C15H19F2NO2/c16-13-7-1-10(9-14(13)17)2-8-15(20)18-11-3-5-12(19)6-4-11/h1,7,9,11-12,19H,2-6,8H2,(H,18,20). The van der Waals surface area contributed by atoms with Crippen molar-refractivity contribution in [2.45, 2.75) is 50.7 Å². The molecule has 2 rings (SSSR count). The van der Waals surface area contributed by atoms with E-state index in [0.29, 0.717) is 24.8 Å². The Morgan fingerprint density at radius 2 is 1.90 bits per heavy atom. The molecule has 1 saturated carbocycles. The van der Waals surface area contributed by atoms with E-state index in [0.717, 1.165) is 25.0 Å². The van der Waals surface area contributed by atoms with Crippen LogP contribution in [0.5, 0.6) is 0 Å². The lowest BCUT2D eigenvalue weighted by atomic mass is 9.93. The monoisotopic (exact) mass is 283 g/mol. The number of aryl methyl sites for hydroxylation is 1. The van der Waals surface area contributed by atoms with Gasteiger partial charge in [-0.1, -0.05) is 6.07 Å². The van der Waals surface area contributed by atoms with E-state index in [1.54, 1.807) is 0 Å². The molecule has 1 aromatic rings. The fourth-order valence-electron chi connectivity index (χ4n) is 2.47. The molecule has 2 N–H and O–H groups in total. The van der Waals surface area contributed by atoms with E-state index in [4.69, 9.17) is 0 Å². The molecule has 0 aliphatic heterocycles. The Labute approximate surface area is 117 Å². The van der Waals surface area contributed by atoms with E-state index in [9.17, 15) is 18.7 Å². The summed E-state index contributed by atoms with van der Waals surface area (Å²) in [4.78, 5) is 11.8. The third kappa shape index (κ3) is 4.27. The van der Waals surface area contributed by atoms with Crippen molar-refractivity contribution in [3.8, 4) is 0 Å². The molecule has 20 heavy (non-hydrogen) atoms. The third-order valence-corrected chi connectivity index (χ3v) is 3.69. The zero-order chi connectivity index (χ0) is 14.5. The maximum atomic E-state index is 13.0. The quantitative estimate of drug-likeness (QED) is 0.891. The lowest BCUT2D eigenvalue weighted by Gasteiger charge is -2.26. The van der Waals surface area contributed by atoms with Crippen LogP contribution in [-0.2, 0) is 11.2 Å². The van der Waals surface area contributed by atoms with Crippen LogP contribution < -0.4 is 5.32 Å². The summed E-state index contributed by atoms with van der Waals surface area (Å²) in [5.41, 5.74) is 0.609. The van der Waals surface area contributed by atoms with E-state index in [1.165, 1.54) is 6.07 Å². The highest BCUT2D eigenvalue weighted by molar-refractivity contribution is 5.76. The van der Waals surface area contributed by atoms with Gasteiger partial charge in [0.15, 0.2) is 11.6 Å². The molecule has 3 nitrogen and oxygen atoms in total. The molecule has 1 aromatic carbocycles. The van der Waals surface area contributed by atoms with Crippen molar-refractivity contribution in [2.24, 2.45) is 0 Å². The van der Waals surface area contributed by atoms with E-state index in [-0.39, 0.29) is 24.5 Å². The van der Waals surface area contributed by atoms with Crippen molar-refractivity contribution in [2.75, 3.05) is 0 Å². The molecule has 5 heteroatoms. The van der Waals surface area contributed by atoms with Crippen molar-refractivity contribution in [3.05, 3.63) is 35.4 Å². The number of benzene rings is 1. The molecular formula is C15H19F2NO2. The number of amides is 1. The predicted octanol–water partition coefficient (Wildman–Crippen LogP) is 2.32. The molecule has 0 saturated heterocycles. The van der Waals surface area contributed by atoms with Crippen molar-refractivity contribution < 1.29 is 18.7 Å². The summed E-state index contributed by atoms with van der Waals surface area (Å²) in [6.07, 6.45) is 3.41. The molecule has 1 amide bonds. The molecule has 110 valence electrons. The fraction of sp³-hybridized carbons (Fsp3) is 0.533. The molecule has 1 fully saturated rings. The second-order valence-electron chi connectivity index (χ2n) is 5.32. The van der Waals surface area contributed by atoms with Gasteiger partial charge in [0.2, 0.25) is 5.91 Å². The summed E-state index contributed by atoms with van der Waals surface area (Å²) < 4.78 is 25.8. The lowest BCUT2D eigenvalue weighted by Crippen LogP contribution is -2.38. The van der Waals surface area contributed by atoms with Crippen LogP contribution in [0.1, 0.15) is 37.7 Å². The van der Waals surface area contributed by atoms with Gasteiger partial charge >= 0.3 is 0 Å². The van der Waals surface area contributed by atoms with Gasteiger partial charge in [0, 0.05) is 12.5 Å². The summed E-state index contributed by atoms with van der Waals surface area (Å²) in [5.74, 6) is -1.85. The van der Waals surface area contributed by atoms with Crippen LogP contribution in [0.3, 0.4) is 0 Å². The minimum absolute atomic E-state index is 0.0869. The number of nitrogens with one attached hydrogen (secondary N) is 1. The maximum absolute atomic E-state index is 13.0. The van der Waals surface area contributed by atoms with Gasteiger partial charge < -0.3 is 10.4 Å². The Morgan fingerprint density at radius 1 is 1.20 bits per heavy atom. The first-order valence-electron chi connectivity index (χ1n) is 6.96. The third-order valence-electron chi connectivity index (χ3n) is 3.69. The van der Waals surface area contributed by atoms with Gasteiger partial charge in [-0.25, -0.2) is 8.78 Å². The zero-order valence-electron chi connectivity index (χ0n) is 11.2. The van der Waals surface area contributed by atoms with Crippen molar-refractivity contribution in [1.82, 2.24) is 5.32 Å². The number of hydrogen-bond acceptors (Lipinski definition) is 2. The van der Waals surface area contributed by atoms with Gasteiger partial charge in [0.1, 0.15) is 0 Å². The first-order valence-corrected chi connectivity index (χ1v) is 6.96. The molecule has 1 aliphatic rings. The average molecular weight is 283 g/mol. The molecular weight excluding hydrogens is 264 g/mol. The van der Waals surface area contributed by atoms with E-state index in [1.807, 2.05) is 0 Å². The van der Waals surface area contributed by atoms with E-state index < -0.39 is 11.6 Å². The Balaban J connectivity index is 1.76. The SMILES string of the molecule is O=C(CCc1ccc(F)c(F)c1)NC1CCC(O)CC1. The number of carbonyl (C=O) groups is 1. The van der Waals surface area contributed by atoms with Gasteiger partial charge in [-0.3, -0.25) is 4.79 Å². The summed E-state index contributed by atoms with van der Waals surface area (Å²) >= 11 is 0. The summed E-state index contributed by atoms with van der Waals surface area (Å²) in [6.45, 7) is 0. The highest BCUT2D eigenvalue weighted by atomic mass is 19.2. The number of aliphatic hydroxyl groups is 1. The number of hydrogen-bond donors (Lipinski definition) is 2.